The average molecular weight is 363 g/mol. The number of aromatic nitrogens is 2. The largest absolute Gasteiger partial charge is 0.291 e. The third kappa shape index (κ3) is 4.21. The number of hydrogen-bond acceptors (Lipinski definition) is 6. The molecular weight excluding hydrogens is 352 g/mol. The van der Waals surface area contributed by atoms with E-state index in [0.717, 1.165) is 4.47 Å². The summed E-state index contributed by atoms with van der Waals surface area (Å²) in [6, 6.07) is 11.8. The van der Waals surface area contributed by atoms with Crippen molar-refractivity contribution >= 4 is 38.2 Å². The molecule has 0 fully saturated rings. The van der Waals surface area contributed by atoms with Crippen molar-refractivity contribution in [1.29, 1.82) is 0 Å². The van der Waals surface area contributed by atoms with Gasteiger partial charge in [-0.15, -0.1) is 0 Å². The summed E-state index contributed by atoms with van der Waals surface area (Å²) >= 11 is 3.25. The first-order chi connectivity index (χ1) is 10.6. The number of anilines is 1. The predicted molar refractivity (Wildman–Crippen MR) is 85.7 cm³/mol. The molecule has 0 saturated carbocycles. The quantitative estimate of drug-likeness (QED) is 0.531. The summed E-state index contributed by atoms with van der Waals surface area (Å²) in [5.41, 5.74) is 3.49. The lowest BCUT2D eigenvalue weighted by molar-refractivity contribution is -0.384. The van der Waals surface area contributed by atoms with Gasteiger partial charge in [0, 0.05) is 28.2 Å². The van der Waals surface area contributed by atoms with Crippen LogP contribution in [0.5, 0.6) is 0 Å². The minimum Gasteiger partial charge on any atom is -0.291 e. The lowest BCUT2D eigenvalue weighted by Gasteiger charge is -1.95. The topological polar surface area (TPSA) is 101 Å². The zero-order valence-electron chi connectivity index (χ0n) is 11.2. The number of rotatable bonds is 2. The molecule has 1 heterocycles. The molecule has 0 spiro atoms. The van der Waals surface area contributed by atoms with E-state index in [1.807, 2.05) is 17.6 Å². The van der Waals surface area contributed by atoms with Crippen LogP contribution in [0.3, 0.4) is 0 Å². The van der Waals surface area contributed by atoms with Crippen molar-refractivity contribution in [3.8, 4) is 0 Å². The smallest absolute Gasteiger partial charge is 0.270 e. The Morgan fingerprint density at radius 1 is 1.23 bits per heavy atom. The van der Waals surface area contributed by atoms with Crippen LogP contribution >= 0.6 is 15.9 Å². The number of nitrogens with one attached hydrogen (secondary N) is 1. The van der Waals surface area contributed by atoms with Crippen LogP contribution in [0.15, 0.2) is 59.5 Å². The van der Waals surface area contributed by atoms with Crippen LogP contribution in [-0.4, -0.2) is 20.1 Å². The second-order valence-corrected chi connectivity index (χ2v) is 5.06. The van der Waals surface area contributed by atoms with Gasteiger partial charge in [0.15, 0.2) is 0 Å². The zero-order chi connectivity index (χ0) is 15.9. The van der Waals surface area contributed by atoms with Crippen molar-refractivity contribution in [3.63, 3.8) is 0 Å². The standard InChI is InChI=1S/C8H5N3O2.C6H6BrNO/c12-11(13)7-1-2-8-6(3-7)4-9-5-10-8;7-5-2-1-3-6(4-5)8-9/h1-5H;1-4,8-9H. The number of nitro groups is 1. The maximum atomic E-state index is 10.4. The minimum atomic E-state index is -0.438. The van der Waals surface area contributed by atoms with E-state index < -0.39 is 4.92 Å². The number of nitrogens with zero attached hydrogens (tertiary/aromatic N) is 3. The highest BCUT2D eigenvalue weighted by molar-refractivity contribution is 9.10. The van der Waals surface area contributed by atoms with Gasteiger partial charge < -0.3 is 0 Å². The third-order valence-electron chi connectivity index (χ3n) is 2.65. The molecular formula is C14H11BrN4O3. The molecule has 0 aliphatic heterocycles. The van der Waals surface area contributed by atoms with Gasteiger partial charge in [-0.25, -0.2) is 9.97 Å². The summed E-state index contributed by atoms with van der Waals surface area (Å²) < 4.78 is 0.946. The first-order valence-electron chi connectivity index (χ1n) is 6.10. The van der Waals surface area contributed by atoms with Crippen LogP contribution < -0.4 is 5.48 Å². The fraction of sp³-hybridized carbons (Fsp3) is 0. The number of halogens is 1. The summed E-state index contributed by atoms with van der Waals surface area (Å²) in [6.45, 7) is 0. The second kappa shape index (κ2) is 7.43. The van der Waals surface area contributed by atoms with E-state index in [9.17, 15) is 10.1 Å². The van der Waals surface area contributed by atoms with Gasteiger partial charge in [0.25, 0.3) is 5.69 Å². The molecule has 8 heteroatoms. The molecule has 3 aromatic rings. The van der Waals surface area contributed by atoms with Crippen molar-refractivity contribution < 1.29 is 10.1 Å². The molecule has 22 heavy (non-hydrogen) atoms. The van der Waals surface area contributed by atoms with Gasteiger partial charge >= 0.3 is 0 Å². The lowest BCUT2D eigenvalue weighted by Crippen LogP contribution is -1.88. The van der Waals surface area contributed by atoms with E-state index in [0.29, 0.717) is 16.6 Å². The van der Waals surface area contributed by atoms with E-state index >= 15 is 0 Å². The molecule has 0 atom stereocenters. The minimum absolute atomic E-state index is 0.0577. The van der Waals surface area contributed by atoms with Crippen LogP contribution in [0.25, 0.3) is 10.9 Å². The van der Waals surface area contributed by atoms with Gasteiger partial charge in [0.05, 0.1) is 16.1 Å². The first-order valence-corrected chi connectivity index (χ1v) is 6.89. The Bertz CT molecular complexity index is 798. The Morgan fingerprint density at radius 2 is 2.05 bits per heavy atom. The maximum Gasteiger partial charge on any atom is 0.270 e. The first kappa shape index (κ1) is 15.8. The SMILES string of the molecule is O=[N+]([O-])c1ccc2ncncc2c1.ONc1cccc(Br)c1. The number of benzene rings is 2. The van der Waals surface area contributed by atoms with Gasteiger partial charge in [0.2, 0.25) is 0 Å². The highest BCUT2D eigenvalue weighted by Crippen LogP contribution is 2.17. The Balaban J connectivity index is 0.000000172. The summed E-state index contributed by atoms with van der Waals surface area (Å²) in [4.78, 5) is 17.7. The Morgan fingerprint density at radius 3 is 2.68 bits per heavy atom. The molecule has 0 radical (unpaired) electrons. The van der Waals surface area contributed by atoms with Crippen LogP contribution in [0.2, 0.25) is 0 Å². The second-order valence-electron chi connectivity index (χ2n) is 4.15. The summed E-state index contributed by atoms with van der Waals surface area (Å²) in [6.07, 6.45) is 2.96. The predicted octanol–water partition coefficient (Wildman–Crippen LogP) is 3.79. The number of hydrogen-bond donors (Lipinski definition) is 2. The van der Waals surface area contributed by atoms with E-state index in [4.69, 9.17) is 5.21 Å². The van der Waals surface area contributed by atoms with Gasteiger partial charge in [-0.3, -0.25) is 20.8 Å². The van der Waals surface area contributed by atoms with Crippen molar-refractivity contribution in [3.05, 3.63) is 69.6 Å². The molecule has 0 amide bonds. The highest BCUT2D eigenvalue weighted by atomic mass is 79.9. The normalized spacial score (nSPS) is 9.73. The van der Waals surface area contributed by atoms with Crippen molar-refractivity contribution in [2.24, 2.45) is 0 Å². The average Bonchev–Trinajstić information content (AvgIpc) is 2.55. The molecule has 0 aliphatic carbocycles. The molecule has 0 bridgehead atoms. The van der Waals surface area contributed by atoms with Crippen LogP contribution in [0, 0.1) is 10.1 Å². The van der Waals surface area contributed by atoms with Crippen LogP contribution in [0.4, 0.5) is 11.4 Å². The number of nitro benzene ring substituents is 1. The summed E-state index contributed by atoms with van der Waals surface area (Å²) in [5, 5.41) is 19.5. The van der Waals surface area contributed by atoms with Crippen molar-refractivity contribution in [2.75, 3.05) is 5.48 Å². The molecule has 2 aromatic carbocycles. The van der Waals surface area contributed by atoms with Gasteiger partial charge in [0.1, 0.15) is 6.33 Å². The fourth-order valence-electron chi connectivity index (χ4n) is 1.64. The molecule has 0 aliphatic rings. The zero-order valence-corrected chi connectivity index (χ0v) is 12.8. The van der Waals surface area contributed by atoms with Gasteiger partial charge in [-0.2, -0.15) is 0 Å². The monoisotopic (exact) mass is 362 g/mol. The van der Waals surface area contributed by atoms with E-state index in [1.54, 1.807) is 24.4 Å². The molecule has 112 valence electrons. The van der Waals surface area contributed by atoms with Crippen LogP contribution in [0.1, 0.15) is 0 Å². The molecule has 1 aromatic heterocycles. The number of non-ortho nitro benzene ring substituents is 1. The van der Waals surface area contributed by atoms with Gasteiger partial charge in [-0.05, 0) is 24.3 Å². The third-order valence-corrected chi connectivity index (χ3v) is 3.15. The number of fused-ring (bicyclic) bond motifs is 1. The fourth-order valence-corrected chi connectivity index (χ4v) is 2.04. The van der Waals surface area contributed by atoms with Crippen molar-refractivity contribution in [1.82, 2.24) is 9.97 Å². The summed E-state index contributed by atoms with van der Waals surface area (Å²) in [7, 11) is 0. The highest BCUT2D eigenvalue weighted by Gasteiger charge is 2.05. The van der Waals surface area contributed by atoms with Gasteiger partial charge in [-0.1, -0.05) is 22.0 Å². The molecule has 0 saturated heterocycles. The van der Waals surface area contributed by atoms with E-state index in [-0.39, 0.29) is 5.69 Å². The molecule has 3 rings (SSSR count). The Labute approximate surface area is 133 Å². The maximum absolute atomic E-state index is 10.4. The van der Waals surface area contributed by atoms with Crippen LogP contribution in [-0.2, 0) is 0 Å². The Kier molecular flexibility index (Phi) is 5.34. The summed E-state index contributed by atoms with van der Waals surface area (Å²) in [5.74, 6) is 0. The molecule has 2 N–H and O–H groups in total. The Hall–Kier alpha value is -2.58. The van der Waals surface area contributed by atoms with Crippen molar-refractivity contribution in [2.45, 2.75) is 0 Å². The molecule has 0 unspecified atom stereocenters. The molecule has 7 nitrogen and oxygen atoms in total. The lowest BCUT2D eigenvalue weighted by atomic mass is 10.2. The van der Waals surface area contributed by atoms with E-state index in [2.05, 4.69) is 25.9 Å². The van der Waals surface area contributed by atoms with E-state index in [1.165, 1.54) is 18.5 Å².